The molecule has 0 bridgehead atoms. The van der Waals surface area contributed by atoms with Crippen LogP contribution in [0.3, 0.4) is 0 Å². The second kappa shape index (κ2) is 11.5. The van der Waals surface area contributed by atoms with Crippen molar-refractivity contribution in [2.45, 2.75) is 18.6 Å². The maximum absolute atomic E-state index is 14.1. The lowest BCUT2D eigenvalue weighted by atomic mass is 10.1. The van der Waals surface area contributed by atoms with E-state index in [2.05, 4.69) is 10.3 Å². The first-order valence-corrected chi connectivity index (χ1v) is 11.5. The lowest BCUT2D eigenvalue weighted by Crippen LogP contribution is -2.30. The topological polar surface area (TPSA) is 115 Å². The van der Waals surface area contributed by atoms with E-state index in [9.17, 15) is 31.5 Å². The number of nitrogens with one attached hydrogen (secondary N) is 2. The third-order valence-electron chi connectivity index (χ3n) is 5.06. The summed E-state index contributed by atoms with van der Waals surface area (Å²) in [7, 11) is 2.84. The number of carbonyl (C=O) groups excluding carboxylic acids is 2. The molecule has 0 aliphatic carbocycles. The van der Waals surface area contributed by atoms with Gasteiger partial charge in [-0.25, -0.2) is 22.0 Å². The Bertz CT molecular complexity index is 1290. The summed E-state index contributed by atoms with van der Waals surface area (Å²) in [5.41, 5.74) is 4.33. The van der Waals surface area contributed by atoms with Gasteiger partial charge in [0.1, 0.15) is 16.0 Å². The number of thioether (sulfide) groups is 1. The smallest absolute Gasteiger partial charge is 0.260 e. The quantitative estimate of drug-likeness (QED) is 0.262. The molecule has 0 fully saturated rings. The number of hydrogen-bond donors (Lipinski definition) is 3. The lowest BCUT2D eigenvalue weighted by Gasteiger charge is -2.14. The van der Waals surface area contributed by atoms with Gasteiger partial charge in [0.05, 0.1) is 19.8 Å². The third kappa shape index (κ3) is 5.48. The minimum atomic E-state index is -2.37. The van der Waals surface area contributed by atoms with Gasteiger partial charge in [0.2, 0.25) is 11.7 Å². The summed E-state index contributed by atoms with van der Waals surface area (Å²) in [5.74, 6) is -12.5. The van der Waals surface area contributed by atoms with Crippen molar-refractivity contribution in [3.63, 3.8) is 0 Å². The molecule has 2 aromatic carbocycles. The fourth-order valence-electron chi connectivity index (χ4n) is 3.25. The lowest BCUT2D eigenvalue weighted by molar-refractivity contribution is -0.115. The van der Waals surface area contributed by atoms with Gasteiger partial charge in [-0.1, -0.05) is 18.7 Å². The number of anilines is 2. The van der Waals surface area contributed by atoms with Crippen LogP contribution in [0, 0.1) is 29.1 Å². The van der Waals surface area contributed by atoms with Crippen molar-refractivity contribution < 1.29 is 41.0 Å². The van der Waals surface area contributed by atoms with E-state index in [1.807, 2.05) is 6.92 Å². The summed E-state index contributed by atoms with van der Waals surface area (Å²) < 4.78 is 78.9. The van der Waals surface area contributed by atoms with Gasteiger partial charge in [-0.15, -0.1) is 0 Å². The van der Waals surface area contributed by atoms with Gasteiger partial charge in [-0.05, 0) is 18.6 Å². The van der Waals surface area contributed by atoms with Gasteiger partial charge in [-0.3, -0.25) is 14.6 Å². The third-order valence-corrected chi connectivity index (χ3v) is 6.32. The number of methoxy groups -OCH3 is 2. The molecule has 1 atom stereocenters. The van der Waals surface area contributed by atoms with E-state index in [4.69, 9.17) is 15.2 Å². The molecule has 0 radical (unpaired) electrons. The molecule has 2 amide bonds. The summed E-state index contributed by atoms with van der Waals surface area (Å²) in [4.78, 5) is 30.2. The Morgan fingerprint density at radius 3 is 2.14 bits per heavy atom. The Labute approximate surface area is 212 Å². The van der Waals surface area contributed by atoms with Crippen molar-refractivity contribution >= 4 is 40.0 Å². The van der Waals surface area contributed by atoms with E-state index in [0.29, 0.717) is 29.7 Å². The van der Waals surface area contributed by atoms with E-state index < -0.39 is 51.8 Å². The van der Waals surface area contributed by atoms with Gasteiger partial charge in [0.25, 0.3) is 5.91 Å². The number of halogens is 5. The van der Waals surface area contributed by atoms with Crippen LogP contribution >= 0.6 is 11.8 Å². The van der Waals surface area contributed by atoms with Crippen LogP contribution in [0.5, 0.6) is 11.5 Å². The molecule has 1 heterocycles. The molecule has 0 spiro atoms. The van der Waals surface area contributed by atoms with E-state index in [1.165, 1.54) is 26.4 Å². The molecule has 14 heteroatoms. The van der Waals surface area contributed by atoms with Gasteiger partial charge >= 0.3 is 0 Å². The predicted molar refractivity (Wildman–Crippen MR) is 128 cm³/mol. The highest BCUT2D eigenvalue weighted by Crippen LogP contribution is 2.36. The minimum Gasteiger partial charge on any atom is -0.493 e. The summed E-state index contributed by atoms with van der Waals surface area (Å²) in [5, 5.41) is 2.90. The SMILES string of the molecule is CCCN=C1SC(C(=O)Nc2c(F)c(F)c(F)c(F)c2F)C(N)=C1C(=O)Nc1ccc(OC)c(OC)c1. The zero-order valence-electron chi connectivity index (χ0n) is 19.7. The molecule has 0 saturated heterocycles. The number of nitrogens with two attached hydrogens (primary N) is 1. The van der Waals surface area contributed by atoms with Gasteiger partial charge in [-0.2, -0.15) is 0 Å². The monoisotopic (exact) mass is 544 g/mol. The van der Waals surface area contributed by atoms with E-state index >= 15 is 0 Å². The molecular weight excluding hydrogens is 523 g/mol. The number of hydrogen-bond acceptors (Lipinski definition) is 7. The Kier molecular flexibility index (Phi) is 8.63. The number of benzene rings is 2. The molecule has 37 heavy (non-hydrogen) atoms. The van der Waals surface area contributed by atoms with E-state index in [0.717, 1.165) is 0 Å². The molecule has 1 aliphatic rings. The first kappa shape index (κ1) is 27.8. The summed E-state index contributed by atoms with van der Waals surface area (Å²) in [6.45, 7) is 2.07. The van der Waals surface area contributed by atoms with Crippen LogP contribution in [0.2, 0.25) is 0 Å². The number of ether oxygens (including phenoxy) is 2. The maximum Gasteiger partial charge on any atom is 0.260 e. The Balaban J connectivity index is 1.94. The van der Waals surface area contributed by atoms with Crippen LogP contribution in [-0.4, -0.2) is 42.9 Å². The summed E-state index contributed by atoms with van der Waals surface area (Å²) >= 11 is 0.697. The molecule has 4 N–H and O–H groups in total. The Morgan fingerprint density at radius 1 is 0.973 bits per heavy atom. The first-order valence-electron chi connectivity index (χ1n) is 10.6. The van der Waals surface area contributed by atoms with Crippen molar-refractivity contribution in [1.82, 2.24) is 0 Å². The highest BCUT2D eigenvalue weighted by atomic mass is 32.2. The van der Waals surface area contributed by atoms with Crippen molar-refractivity contribution in [2.75, 3.05) is 31.4 Å². The van der Waals surface area contributed by atoms with Crippen molar-refractivity contribution in [3.8, 4) is 11.5 Å². The number of nitrogens with zero attached hydrogens (tertiary/aromatic N) is 1. The fraction of sp³-hybridized carbons (Fsp3) is 0.261. The summed E-state index contributed by atoms with van der Waals surface area (Å²) in [6, 6.07) is 4.54. The summed E-state index contributed by atoms with van der Waals surface area (Å²) in [6.07, 6.45) is 0.579. The molecule has 0 aromatic heterocycles. The molecule has 8 nitrogen and oxygen atoms in total. The average Bonchev–Trinajstić information content (AvgIpc) is 3.23. The second-order valence-electron chi connectivity index (χ2n) is 7.47. The van der Waals surface area contributed by atoms with Crippen LogP contribution in [0.15, 0.2) is 34.5 Å². The van der Waals surface area contributed by atoms with Crippen LogP contribution in [0.25, 0.3) is 0 Å². The number of rotatable bonds is 8. The van der Waals surface area contributed by atoms with Crippen LogP contribution < -0.4 is 25.8 Å². The molecule has 1 aliphatic heterocycles. The Hall–Kier alpha value is -3.81. The zero-order valence-corrected chi connectivity index (χ0v) is 20.5. The Morgan fingerprint density at radius 2 is 1.57 bits per heavy atom. The number of carbonyl (C=O) groups is 2. The molecule has 3 rings (SSSR count). The normalized spacial score (nSPS) is 16.2. The van der Waals surface area contributed by atoms with Crippen molar-refractivity contribution in [2.24, 2.45) is 10.7 Å². The molecule has 0 saturated carbocycles. The molecular formula is C23H21F5N4O4S. The maximum atomic E-state index is 14.1. The average molecular weight is 545 g/mol. The molecule has 1 unspecified atom stereocenters. The standard InChI is InChI=1S/C23H21F5N4O4S/c1-4-7-30-23-12(21(33)31-9-5-6-10(35-2)11(8-9)36-3)18(29)20(37-23)22(34)32-19-16(27)14(25)13(24)15(26)17(19)28/h5-6,8,20H,4,7,29H2,1-3H3,(H,31,33)(H,32,34). The largest absolute Gasteiger partial charge is 0.493 e. The van der Waals surface area contributed by atoms with Crippen LogP contribution in [-0.2, 0) is 9.59 Å². The second-order valence-corrected chi connectivity index (χ2v) is 8.57. The number of amides is 2. The highest BCUT2D eigenvalue weighted by molar-refractivity contribution is 8.16. The van der Waals surface area contributed by atoms with Crippen molar-refractivity contribution in [1.29, 1.82) is 0 Å². The zero-order chi connectivity index (χ0) is 27.4. The molecule has 198 valence electrons. The van der Waals surface area contributed by atoms with Crippen molar-refractivity contribution in [3.05, 3.63) is 58.6 Å². The van der Waals surface area contributed by atoms with Crippen LogP contribution in [0.4, 0.5) is 33.3 Å². The van der Waals surface area contributed by atoms with Gasteiger partial charge < -0.3 is 25.8 Å². The fourth-order valence-corrected chi connectivity index (χ4v) is 4.38. The minimum absolute atomic E-state index is 0.0647. The predicted octanol–water partition coefficient (Wildman–Crippen LogP) is 4.11. The first-order chi connectivity index (χ1) is 17.5. The van der Waals surface area contributed by atoms with E-state index in [-0.39, 0.29) is 28.5 Å². The van der Waals surface area contributed by atoms with Gasteiger partial charge in [0.15, 0.2) is 34.8 Å². The highest BCUT2D eigenvalue weighted by Gasteiger charge is 2.39. The van der Waals surface area contributed by atoms with Gasteiger partial charge in [0, 0.05) is 24.0 Å². The number of aliphatic imine (C=N–C) groups is 1. The van der Waals surface area contributed by atoms with Crippen LogP contribution in [0.1, 0.15) is 13.3 Å². The van der Waals surface area contributed by atoms with E-state index in [1.54, 1.807) is 11.4 Å². The molecule has 2 aromatic rings.